The standard InChI is InChI=1S/C37H24O/c1-2-11-26(12-3-1)37(33-18-7-4-13-29(33)30-14-5-8-19-34(30)37)27-23-21-25(22-24-27)28-16-10-17-32-31-15-6-9-20-35(31)38-36(28)32/h1-24H. The molecule has 178 valence electrons. The van der Waals surface area contributed by atoms with E-state index in [0.717, 1.165) is 33.1 Å². The second kappa shape index (κ2) is 8.06. The first-order valence-electron chi connectivity index (χ1n) is 13.1. The second-order valence-electron chi connectivity index (χ2n) is 10.1. The zero-order valence-electron chi connectivity index (χ0n) is 20.8. The van der Waals surface area contributed by atoms with E-state index in [4.69, 9.17) is 4.42 Å². The van der Waals surface area contributed by atoms with Crippen molar-refractivity contribution in [2.24, 2.45) is 0 Å². The normalized spacial score (nSPS) is 13.5. The minimum atomic E-state index is -0.377. The number of furan rings is 1. The van der Waals surface area contributed by atoms with Crippen LogP contribution < -0.4 is 0 Å². The third kappa shape index (κ3) is 2.82. The predicted octanol–water partition coefficient (Wildman–Crippen LogP) is 9.62. The Morgan fingerprint density at radius 1 is 0.395 bits per heavy atom. The number of hydrogen-bond donors (Lipinski definition) is 0. The molecule has 0 N–H and O–H groups in total. The van der Waals surface area contributed by atoms with E-state index in [1.165, 1.54) is 33.4 Å². The smallest absolute Gasteiger partial charge is 0.143 e. The molecule has 0 saturated carbocycles. The number of benzene rings is 6. The molecule has 1 heterocycles. The first-order chi connectivity index (χ1) is 18.9. The summed E-state index contributed by atoms with van der Waals surface area (Å²) in [5, 5.41) is 2.31. The molecule has 0 unspecified atom stereocenters. The molecular weight excluding hydrogens is 460 g/mol. The van der Waals surface area contributed by atoms with Crippen LogP contribution in [0.1, 0.15) is 22.3 Å². The van der Waals surface area contributed by atoms with Gasteiger partial charge in [0.2, 0.25) is 0 Å². The Morgan fingerprint density at radius 2 is 0.947 bits per heavy atom. The zero-order chi connectivity index (χ0) is 25.1. The number of fused-ring (bicyclic) bond motifs is 6. The average Bonchev–Trinajstić information content (AvgIpc) is 3.52. The Morgan fingerprint density at radius 3 is 1.68 bits per heavy atom. The third-order valence-electron chi connectivity index (χ3n) is 8.19. The van der Waals surface area contributed by atoms with E-state index < -0.39 is 0 Å². The lowest BCUT2D eigenvalue weighted by Gasteiger charge is -2.34. The topological polar surface area (TPSA) is 13.1 Å². The van der Waals surface area contributed by atoms with Crippen LogP contribution in [0.25, 0.3) is 44.2 Å². The van der Waals surface area contributed by atoms with Crippen molar-refractivity contribution in [2.75, 3.05) is 0 Å². The van der Waals surface area contributed by atoms with Crippen molar-refractivity contribution < 1.29 is 4.42 Å². The van der Waals surface area contributed by atoms with Crippen molar-refractivity contribution in [2.45, 2.75) is 5.41 Å². The van der Waals surface area contributed by atoms with Crippen molar-refractivity contribution >= 4 is 21.9 Å². The maximum absolute atomic E-state index is 6.35. The van der Waals surface area contributed by atoms with Crippen LogP contribution >= 0.6 is 0 Å². The molecule has 1 nitrogen and oxygen atoms in total. The van der Waals surface area contributed by atoms with Gasteiger partial charge in [0.15, 0.2) is 0 Å². The zero-order valence-corrected chi connectivity index (χ0v) is 20.8. The SMILES string of the molecule is c1ccc(C2(c3ccc(-c4cccc5c4oc4ccccc45)cc3)c3ccccc3-c3ccccc32)cc1. The highest BCUT2D eigenvalue weighted by atomic mass is 16.3. The molecule has 7 aromatic rings. The summed E-state index contributed by atoms with van der Waals surface area (Å²) in [5.41, 5.74) is 11.6. The van der Waals surface area contributed by atoms with E-state index in [1.54, 1.807) is 0 Å². The van der Waals surface area contributed by atoms with Crippen LogP contribution in [0.3, 0.4) is 0 Å². The van der Waals surface area contributed by atoms with Gasteiger partial charge in [-0.05, 0) is 45.0 Å². The van der Waals surface area contributed by atoms with Crippen LogP contribution in [0.5, 0.6) is 0 Å². The van der Waals surface area contributed by atoms with Gasteiger partial charge in [-0.3, -0.25) is 0 Å². The molecule has 0 spiro atoms. The number of para-hydroxylation sites is 2. The van der Waals surface area contributed by atoms with Gasteiger partial charge < -0.3 is 4.42 Å². The molecule has 0 radical (unpaired) electrons. The molecule has 1 aliphatic carbocycles. The Hall–Kier alpha value is -4.88. The molecule has 0 aliphatic heterocycles. The summed E-state index contributed by atoms with van der Waals surface area (Å²) in [5.74, 6) is 0. The largest absolute Gasteiger partial charge is 0.455 e. The fraction of sp³-hybridized carbons (Fsp3) is 0.0270. The van der Waals surface area contributed by atoms with Gasteiger partial charge in [0, 0.05) is 16.3 Å². The van der Waals surface area contributed by atoms with E-state index in [-0.39, 0.29) is 5.41 Å². The van der Waals surface area contributed by atoms with Crippen molar-refractivity contribution in [3.05, 3.63) is 168 Å². The summed E-state index contributed by atoms with van der Waals surface area (Å²) in [4.78, 5) is 0. The van der Waals surface area contributed by atoms with E-state index in [0.29, 0.717) is 0 Å². The molecule has 1 aliphatic rings. The lowest BCUT2D eigenvalue weighted by Crippen LogP contribution is -2.28. The predicted molar refractivity (Wildman–Crippen MR) is 156 cm³/mol. The van der Waals surface area contributed by atoms with Gasteiger partial charge in [-0.15, -0.1) is 0 Å². The second-order valence-corrected chi connectivity index (χ2v) is 10.1. The van der Waals surface area contributed by atoms with E-state index in [2.05, 4.69) is 133 Å². The first-order valence-corrected chi connectivity index (χ1v) is 13.1. The van der Waals surface area contributed by atoms with E-state index in [1.807, 2.05) is 12.1 Å². The Bertz CT molecular complexity index is 1910. The van der Waals surface area contributed by atoms with Crippen LogP contribution in [0, 0.1) is 0 Å². The van der Waals surface area contributed by atoms with Gasteiger partial charge in [-0.1, -0.05) is 140 Å². The molecule has 1 heteroatoms. The molecule has 0 saturated heterocycles. The fourth-order valence-electron chi connectivity index (χ4n) is 6.59. The molecule has 1 aromatic heterocycles. The lowest BCUT2D eigenvalue weighted by atomic mass is 9.67. The summed E-state index contributed by atoms with van der Waals surface area (Å²) in [6.45, 7) is 0. The van der Waals surface area contributed by atoms with Crippen molar-refractivity contribution in [1.29, 1.82) is 0 Å². The molecule has 38 heavy (non-hydrogen) atoms. The average molecular weight is 485 g/mol. The number of rotatable bonds is 3. The van der Waals surface area contributed by atoms with Crippen LogP contribution in [-0.4, -0.2) is 0 Å². The molecule has 0 fully saturated rings. The van der Waals surface area contributed by atoms with Crippen molar-refractivity contribution in [3.8, 4) is 22.3 Å². The van der Waals surface area contributed by atoms with Crippen LogP contribution in [0.4, 0.5) is 0 Å². The molecule has 6 aromatic carbocycles. The summed E-state index contributed by atoms with van der Waals surface area (Å²) >= 11 is 0. The summed E-state index contributed by atoms with van der Waals surface area (Å²) in [7, 11) is 0. The van der Waals surface area contributed by atoms with Gasteiger partial charge in [0.25, 0.3) is 0 Å². The number of hydrogen-bond acceptors (Lipinski definition) is 1. The van der Waals surface area contributed by atoms with Crippen LogP contribution in [-0.2, 0) is 5.41 Å². The maximum atomic E-state index is 6.35. The Labute approximate surface area is 221 Å². The quantitative estimate of drug-likeness (QED) is 0.243. The van der Waals surface area contributed by atoms with Crippen LogP contribution in [0.2, 0.25) is 0 Å². The molecule has 0 atom stereocenters. The highest BCUT2D eigenvalue weighted by molar-refractivity contribution is 6.09. The van der Waals surface area contributed by atoms with Crippen molar-refractivity contribution in [3.63, 3.8) is 0 Å². The van der Waals surface area contributed by atoms with Gasteiger partial charge >= 0.3 is 0 Å². The molecule has 0 bridgehead atoms. The molecular formula is C37H24O. The lowest BCUT2D eigenvalue weighted by molar-refractivity contribution is 0.670. The summed E-state index contributed by atoms with van der Waals surface area (Å²) in [6.07, 6.45) is 0. The summed E-state index contributed by atoms with van der Waals surface area (Å²) < 4.78 is 6.35. The van der Waals surface area contributed by atoms with Gasteiger partial charge in [0.05, 0.1) is 5.41 Å². The van der Waals surface area contributed by atoms with Gasteiger partial charge in [0.1, 0.15) is 11.2 Å². The van der Waals surface area contributed by atoms with Gasteiger partial charge in [-0.2, -0.15) is 0 Å². The summed E-state index contributed by atoms with van der Waals surface area (Å²) in [6, 6.07) is 52.5. The van der Waals surface area contributed by atoms with Gasteiger partial charge in [-0.25, -0.2) is 0 Å². The highest BCUT2D eigenvalue weighted by Gasteiger charge is 2.45. The minimum Gasteiger partial charge on any atom is -0.455 e. The third-order valence-corrected chi connectivity index (χ3v) is 8.19. The molecule has 0 amide bonds. The van der Waals surface area contributed by atoms with Crippen LogP contribution in [0.15, 0.2) is 150 Å². The first kappa shape index (κ1) is 21.2. The Kier molecular flexibility index (Phi) is 4.50. The molecule has 8 rings (SSSR count). The fourth-order valence-corrected chi connectivity index (χ4v) is 6.59. The highest BCUT2D eigenvalue weighted by Crippen LogP contribution is 2.56. The minimum absolute atomic E-state index is 0.377. The monoisotopic (exact) mass is 484 g/mol. The Balaban J connectivity index is 1.37. The van der Waals surface area contributed by atoms with E-state index in [9.17, 15) is 0 Å². The van der Waals surface area contributed by atoms with Crippen molar-refractivity contribution in [1.82, 2.24) is 0 Å². The van der Waals surface area contributed by atoms with E-state index >= 15 is 0 Å². The maximum Gasteiger partial charge on any atom is 0.143 e.